The monoisotopic (exact) mass is 311 g/mol. The van der Waals surface area contributed by atoms with Gasteiger partial charge in [-0.25, -0.2) is 19.6 Å². The standard InChI is InChI=1S/C16H17N5S/c1-16(2,3)14-17-10-9-13(19-14)22-15-18-11-21(20-15)12-7-5-4-6-8-12/h4-11H,1-3H3. The highest BCUT2D eigenvalue weighted by atomic mass is 32.2. The molecule has 0 aliphatic rings. The van der Waals surface area contributed by atoms with Crippen LogP contribution in [0, 0.1) is 0 Å². The molecule has 5 nitrogen and oxygen atoms in total. The van der Waals surface area contributed by atoms with E-state index in [-0.39, 0.29) is 5.41 Å². The normalized spacial score (nSPS) is 11.6. The topological polar surface area (TPSA) is 56.5 Å². The van der Waals surface area contributed by atoms with Gasteiger partial charge in [-0.05, 0) is 30.0 Å². The Labute approximate surface area is 133 Å². The molecule has 0 bridgehead atoms. The van der Waals surface area contributed by atoms with Gasteiger partial charge in [0.05, 0.1) is 5.69 Å². The minimum Gasteiger partial charge on any atom is -0.241 e. The zero-order valence-electron chi connectivity index (χ0n) is 12.8. The summed E-state index contributed by atoms with van der Waals surface area (Å²) in [5.41, 5.74) is 0.910. The third-order valence-corrected chi connectivity index (χ3v) is 3.79. The highest BCUT2D eigenvalue weighted by molar-refractivity contribution is 7.99. The zero-order valence-corrected chi connectivity index (χ0v) is 13.6. The lowest BCUT2D eigenvalue weighted by Crippen LogP contribution is -2.15. The van der Waals surface area contributed by atoms with Crippen LogP contribution in [0.3, 0.4) is 0 Å². The molecule has 0 radical (unpaired) electrons. The van der Waals surface area contributed by atoms with Crippen LogP contribution in [0.5, 0.6) is 0 Å². The van der Waals surface area contributed by atoms with Crippen LogP contribution in [0.25, 0.3) is 5.69 Å². The van der Waals surface area contributed by atoms with E-state index < -0.39 is 0 Å². The number of benzene rings is 1. The van der Waals surface area contributed by atoms with Gasteiger partial charge in [0.1, 0.15) is 17.2 Å². The number of aromatic nitrogens is 5. The Morgan fingerprint density at radius 3 is 2.50 bits per heavy atom. The molecule has 3 rings (SSSR count). The van der Waals surface area contributed by atoms with Crippen LogP contribution in [0.4, 0.5) is 0 Å². The molecule has 0 atom stereocenters. The molecular formula is C16H17N5S. The van der Waals surface area contributed by atoms with Crippen LogP contribution in [-0.4, -0.2) is 24.7 Å². The predicted octanol–water partition coefficient (Wildman–Crippen LogP) is 3.51. The lowest BCUT2D eigenvalue weighted by Gasteiger charge is -2.16. The van der Waals surface area contributed by atoms with Gasteiger partial charge < -0.3 is 0 Å². The van der Waals surface area contributed by atoms with Crippen molar-refractivity contribution in [2.75, 3.05) is 0 Å². The van der Waals surface area contributed by atoms with E-state index in [1.54, 1.807) is 17.2 Å². The van der Waals surface area contributed by atoms with E-state index in [4.69, 9.17) is 0 Å². The van der Waals surface area contributed by atoms with Gasteiger partial charge >= 0.3 is 0 Å². The molecule has 0 aliphatic carbocycles. The highest BCUT2D eigenvalue weighted by Gasteiger charge is 2.18. The quantitative estimate of drug-likeness (QED) is 0.693. The molecule has 2 aromatic heterocycles. The van der Waals surface area contributed by atoms with E-state index >= 15 is 0 Å². The predicted molar refractivity (Wildman–Crippen MR) is 86.2 cm³/mol. The number of hydrogen-bond acceptors (Lipinski definition) is 5. The van der Waals surface area contributed by atoms with Gasteiger partial charge in [0.15, 0.2) is 0 Å². The van der Waals surface area contributed by atoms with Crippen LogP contribution in [-0.2, 0) is 5.41 Å². The second-order valence-electron chi connectivity index (χ2n) is 5.88. The molecule has 3 aromatic rings. The fourth-order valence-corrected chi connectivity index (χ4v) is 2.53. The van der Waals surface area contributed by atoms with Crippen molar-refractivity contribution in [3.8, 4) is 5.69 Å². The largest absolute Gasteiger partial charge is 0.241 e. The average Bonchev–Trinajstić information content (AvgIpc) is 2.96. The summed E-state index contributed by atoms with van der Waals surface area (Å²) in [6.07, 6.45) is 3.49. The molecule has 1 aromatic carbocycles. The molecule has 0 amide bonds. The second kappa shape index (κ2) is 5.88. The van der Waals surface area contributed by atoms with Crippen LogP contribution in [0.2, 0.25) is 0 Å². The Kier molecular flexibility index (Phi) is 3.94. The van der Waals surface area contributed by atoms with Crippen molar-refractivity contribution in [1.29, 1.82) is 0 Å². The first-order valence-electron chi connectivity index (χ1n) is 7.01. The molecule has 0 fully saturated rings. The Bertz CT molecular complexity index is 761. The Morgan fingerprint density at radius 2 is 1.77 bits per heavy atom. The lowest BCUT2D eigenvalue weighted by atomic mass is 9.96. The van der Waals surface area contributed by atoms with E-state index in [1.807, 2.05) is 36.4 Å². The van der Waals surface area contributed by atoms with E-state index in [0.717, 1.165) is 16.5 Å². The smallest absolute Gasteiger partial charge is 0.215 e. The SMILES string of the molecule is CC(C)(C)c1nccc(Sc2ncn(-c3ccccc3)n2)n1. The highest BCUT2D eigenvalue weighted by Crippen LogP contribution is 2.25. The fourth-order valence-electron chi connectivity index (χ4n) is 1.85. The fraction of sp³-hybridized carbons (Fsp3) is 0.250. The third kappa shape index (κ3) is 3.33. The molecule has 112 valence electrons. The van der Waals surface area contributed by atoms with E-state index in [9.17, 15) is 0 Å². The molecule has 2 heterocycles. The average molecular weight is 311 g/mol. The maximum Gasteiger partial charge on any atom is 0.215 e. The molecule has 6 heteroatoms. The van der Waals surface area contributed by atoms with E-state index in [0.29, 0.717) is 5.16 Å². The first kappa shape index (κ1) is 14.7. The van der Waals surface area contributed by atoms with Crippen LogP contribution < -0.4 is 0 Å². The van der Waals surface area contributed by atoms with Gasteiger partial charge in [0.2, 0.25) is 5.16 Å². The van der Waals surface area contributed by atoms with Crippen molar-refractivity contribution in [3.63, 3.8) is 0 Å². The minimum absolute atomic E-state index is 0.0760. The second-order valence-corrected chi connectivity index (χ2v) is 6.87. The molecule has 0 unspecified atom stereocenters. The van der Waals surface area contributed by atoms with Crippen molar-refractivity contribution < 1.29 is 0 Å². The summed E-state index contributed by atoms with van der Waals surface area (Å²) in [4.78, 5) is 13.3. The van der Waals surface area contributed by atoms with Gasteiger partial charge in [-0.15, -0.1) is 5.10 Å². The van der Waals surface area contributed by atoms with Crippen LogP contribution >= 0.6 is 11.8 Å². The first-order chi connectivity index (χ1) is 10.5. The molecule has 0 aliphatic heterocycles. The summed E-state index contributed by atoms with van der Waals surface area (Å²) >= 11 is 1.44. The third-order valence-electron chi connectivity index (χ3n) is 2.99. The van der Waals surface area contributed by atoms with Gasteiger partial charge in [-0.3, -0.25) is 0 Å². The van der Waals surface area contributed by atoms with Crippen LogP contribution in [0.15, 0.2) is 59.1 Å². The summed E-state index contributed by atoms with van der Waals surface area (Å²) in [6, 6.07) is 11.8. The molecule has 0 saturated carbocycles. The summed E-state index contributed by atoms with van der Waals surface area (Å²) in [6.45, 7) is 6.29. The number of nitrogens with zero attached hydrogens (tertiary/aromatic N) is 5. The molecule has 22 heavy (non-hydrogen) atoms. The van der Waals surface area contributed by atoms with Crippen molar-refractivity contribution in [2.24, 2.45) is 0 Å². The summed E-state index contributed by atoms with van der Waals surface area (Å²) in [7, 11) is 0. The number of para-hydroxylation sites is 1. The number of rotatable bonds is 3. The molecule has 0 N–H and O–H groups in total. The van der Waals surface area contributed by atoms with Gasteiger partial charge in [-0.2, -0.15) is 0 Å². The summed E-state index contributed by atoms with van der Waals surface area (Å²) in [5, 5.41) is 6.00. The zero-order chi connectivity index (χ0) is 15.6. The molecule has 0 spiro atoms. The van der Waals surface area contributed by atoms with E-state index in [2.05, 4.69) is 40.8 Å². The van der Waals surface area contributed by atoms with Crippen molar-refractivity contribution >= 4 is 11.8 Å². The Morgan fingerprint density at radius 1 is 1.00 bits per heavy atom. The minimum atomic E-state index is -0.0760. The van der Waals surface area contributed by atoms with E-state index in [1.165, 1.54) is 11.8 Å². The van der Waals surface area contributed by atoms with Gasteiger partial charge in [0.25, 0.3) is 0 Å². The Hall–Kier alpha value is -2.21. The lowest BCUT2D eigenvalue weighted by molar-refractivity contribution is 0.538. The maximum atomic E-state index is 4.58. The summed E-state index contributed by atoms with van der Waals surface area (Å²) in [5.74, 6) is 0.819. The van der Waals surface area contributed by atoms with Crippen molar-refractivity contribution in [1.82, 2.24) is 24.7 Å². The first-order valence-corrected chi connectivity index (χ1v) is 7.82. The molecule has 0 saturated heterocycles. The Balaban J connectivity index is 1.81. The van der Waals surface area contributed by atoms with Crippen molar-refractivity contribution in [2.45, 2.75) is 36.4 Å². The molecular weight excluding hydrogens is 294 g/mol. The maximum absolute atomic E-state index is 4.58. The van der Waals surface area contributed by atoms with Crippen LogP contribution in [0.1, 0.15) is 26.6 Å². The number of hydrogen-bond donors (Lipinski definition) is 0. The summed E-state index contributed by atoms with van der Waals surface area (Å²) < 4.78 is 1.76. The van der Waals surface area contributed by atoms with Gasteiger partial charge in [-0.1, -0.05) is 39.0 Å². The van der Waals surface area contributed by atoms with Gasteiger partial charge in [0, 0.05) is 11.6 Å². The van der Waals surface area contributed by atoms with Crippen molar-refractivity contribution in [3.05, 3.63) is 54.7 Å².